The number of piperidine rings is 1. The molecule has 8 heteroatoms. The number of nitrogens with one attached hydrogen (secondary N) is 2. The molecule has 0 aromatic heterocycles. The maximum absolute atomic E-state index is 13.3. The van der Waals surface area contributed by atoms with E-state index in [1.54, 1.807) is 0 Å². The third kappa shape index (κ3) is 4.22. The summed E-state index contributed by atoms with van der Waals surface area (Å²) in [4.78, 5) is 0. The van der Waals surface area contributed by atoms with Crippen molar-refractivity contribution in [2.75, 3.05) is 23.6 Å². The minimum absolute atomic E-state index is 0.0430. The topological polar surface area (TPSA) is 58.2 Å². The Morgan fingerprint density at radius 1 is 1.25 bits per heavy atom. The van der Waals surface area contributed by atoms with Crippen LogP contribution in [0.1, 0.15) is 12.8 Å². The number of hydrogen-bond donors (Lipinski definition) is 2. The highest BCUT2D eigenvalue weighted by Crippen LogP contribution is 2.28. The van der Waals surface area contributed by atoms with E-state index < -0.39 is 15.8 Å². The molecule has 1 heterocycles. The van der Waals surface area contributed by atoms with E-state index in [0.29, 0.717) is 0 Å². The number of sulfonamides is 1. The Labute approximate surface area is 127 Å². The van der Waals surface area contributed by atoms with E-state index >= 15 is 0 Å². The highest BCUT2D eigenvalue weighted by molar-refractivity contribution is 7.92. The minimum atomic E-state index is -3.50. The van der Waals surface area contributed by atoms with Gasteiger partial charge in [-0.3, -0.25) is 4.72 Å². The molecule has 2 N–H and O–H groups in total. The monoisotopic (exact) mass is 340 g/mol. The molecule has 0 saturated carbocycles. The van der Waals surface area contributed by atoms with Crippen LogP contribution in [0.4, 0.5) is 10.1 Å². The van der Waals surface area contributed by atoms with Crippen molar-refractivity contribution in [2.45, 2.75) is 12.8 Å². The van der Waals surface area contributed by atoms with Gasteiger partial charge in [0.2, 0.25) is 10.0 Å². The standard InChI is InChI=1S/C12H15Cl2FN2O2S/c13-10-5-9(6-11(14)12(10)15)17-20(18,19)7-8-1-3-16-4-2-8/h5-6,8,16-17H,1-4,7H2. The maximum Gasteiger partial charge on any atom is 0.232 e. The summed E-state index contributed by atoms with van der Waals surface area (Å²) >= 11 is 11.3. The van der Waals surface area contributed by atoms with Crippen LogP contribution < -0.4 is 10.0 Å². The van der Waals surface area contributed by atoms with Crippen molar-refractivity contribution in [3.63, 3.8) is 0 Å². The molecule has 0 bridgehead atoms. The Balaban J connectivity index is 2.07. The van der Waals surface area contributed by atoms with Crippen LogP contribution in [-0.2, 0) is 10.0 Å². The molecule has 0 aliphatic carbocycles. The summed E-state index contributed by atoms with van der Waals surface area (Å²) in [6.07, 6.45) is 1.65. The SMILES string of the molecule is O=S(=O)(CC1CCNCC1)Nc1cc(Cl)c(F)c(Cl)c1. The first-order chi connectivity index (χ1) is 9.37. The second-order valence-electron chi connectivity index (χ2n) is 4.83. The molecule has 1 aliphatic heterocycles. The molecule has 0 atom stereocenters. The van der Waals surface area contributed by atoms with E-state index in [-0.39, 0.29) is 27.4 Å². The van der Waals surface area contributed by atoms with Gasteiger partial charge in [0, 0.05) is 0 Å². The molecule has 1 aliphatic rings. The average Bonchev–Trinajstić information content (AvgIpc) is 2.36. The average molecular weight is 341 g/mol. The van der Waals surface area contributed by atoms with Gasteiger partial charge in [-0.2, -0.15) is 0 Å². The van der Waals surface area contributed by atoms with E-state index in [1.807, 2.05) is 0 Å². The van der Waals surface area contributed by atoms with E-state index in [2.05, 4.69) is 10.0 Å². The fraction of sp³-hybridized carbons (Fsp3) is 0.500. The maximum atomic E-state index is 13.3. The molecule has 1 aromatic rings. The van der Waals surface area contributed by atoms with Crippen LogP contribution in [0.2, 0.25) is 10.0 Å². The molecule has 0 unspecified atom stereocenters. The van der Waals surface area contributed by atoms with Crippen molar-refractivity contribution in [1.82, 2.24) is 5.32 Å². The summed E-state index contributed by atoms with van der Waals surface area (Å²) in [7, 11) is -3.50. The Bertz CT molecular complexity index is 566. The Hall–Kier alpha value is -0.560. The molecule has 0 radical (unpaired) electrons. The summed E-state index contributed by atoms with van der Waals surface area (Å²) in [6.45, 7) is 1.66. The molecule has 20 heavy (non-hydrogen) atoms. The van der Waals surface area contributed by atoms with Gasteiger partial charge in [0.25, 0.3) is 0 Å². The zero-order chi connectivity index (χ0) is 14.8. The third-order valence-electron chi connectivity index (χ3n) is 3.17. The number of anilines is 1. The highest BCUT2D eigenvalue weighted by atomic mass is 35.5. The summed E-state index contributed by atoms with van der Waals surface area (Å²) < 4.78 is 39.8. The van der Waals surface area contributed by atoms with Crippen molar-refractivity contribution in [3.8, 4) is 0 Å². The highest BCUT2D eigenvalue weighted by Gasteiger charge is 2.21. The molecular weight excluding hydrogens is 326 g/mol. The van der Waals surface area contributed by atoms with Gasteiger partial charge in [-0.15, -0.1) is 0 Å². The van der Waals surface area contributed by atoms with Crippen LogP contribution in [0.3, 0.4) is 0 Å². The van der Waals surface area contributed by atoms with Crippen LogP contribution in [0.25, 0.3) is 0 Å². The van der Waals surface area contributed by atoms with Crippen LogP contribution in [0.5, 0.6) is 0 Å². The lowest BCUT2D eigenvalue weighted by Gasteiger charge is -2.22. The molecule has 1 fully saturated rings. The lowest BCUT2D eigenvalue weighted by Crippen LogP contribution is -2.33. The molecule has 112 valence electrons. The van der Waals surface area contributed by atoms with Gasteiger partial charge < -0.3 is 5.32 Å². The van der Waals surface area contributed by atoms with E-state index in [9.17, 15) is 12.8 Å². The molecule has 1 aromatic carbocycles. The van der Waals surface area contributed by atoms with Crippen LogP contribution >= 0.6 is 23.2 Å². The van der Waals surface area contributed by atoms with Crippen LogP contribution in [-0.4, -0.2) is 27.3 Å². The van der Waals surface area contributed by atoms with Gasteiger partial charge in [0.1, 0.15) is 0 Å². The van der Waals surface area contributed by atoms with Gasteiger partial charge in [0.15, 0.2) is 5.82 Å². The molecule has 4 nitrogen and oxygen atoms in total. The van der Waals surface area contributed by atoms with Crippen molar-refractivity contribution in [2.24, 2.45) is 5.92 Å². The van der Waals surface area contributed by atoms with Gasteiger partial charge in [-0.25, -0.2) is 12.8 Å². The molecular formula is C12H15Cl2FN2O2S. The zero-order valence-corrected chi connectivity index (χ0v) is 13.0. The number of halogens is 3. The Morgan fingerprint density at radius 3 is 2.35 bits per heavy atom. The molecule has 1 saturated heterocycles. The Kier molecular flexibility index (Phi) is 5.12. The first-order valence-electron chi connectivity index (χ1n) is 6.23. The minimum Gasteiger partial charge on any atom is -0.317 e. The van der Waals surface area contributed by atoms with E-state index in [1.165, 1.54) is 12.1 Å². The second kappa shape index (κ2) is 6.47. The number of rotatable bonds is 4. The summed E-state index contributed by atoms with van der Waals surface area (Å²) in [5.74, 6) is -0.587. The smallest absolute Gasteiger partial charge is 0.232 e. The van der Waals surface area contributed by atoms with Crippen molar-refractivity contribution < 1.29 is 12.8 Å². The predicted molar refractivity (Wildman–Crippen MR) is 79.4 cm³/mol. The second-order valence-corrected chi connectivity index (χ2v) is 7.41. The summed E-state index contributed by atoms with van der Waals surface area (Å²) in [5, 5.41) is 2.76. The van der Waals surface area contributed by atoms with Crippen molar-refractivity contribution in [3.05, 3.63) is 28.0 Å². The first kappa shape index (κ1) is 15.8. The predicted octanol–water partition coefficient (Wildman–Crippen LogP) is 2.87. The van der Waals surface area contributed by atoms with Gasteiger partial charge in [-0.1, -0.05) is 23.2 Å². The normalized spacial score (nSPS) is 17.1. The van der Waals surface area contributed by atoms with Crippen molar-refractivity contribution in [1.29, 1.82) is 0 Å². The van der Waals surface area contributed by atoms with E-state index in [0.717, 1.165) is 25.9 Å². The fourth-order valence-corrected chi connectivity index (χ4v) is 4.20. The van der Waals surface area contributed by atoms with Crippen LogP contribution in [0.15, 0.2) is 12.1 Å². The van der Waals surface area contributed by atoms with Gasteiger partial charge >= 0.3 is 0 Å². The third-order valence-corrected chi connectivity index (χ3v) is 5.18. The van der Waals surface area contributed by atoms with Gasteiger partial charge in [-0.05, 0) is 44.0 Å². The quantitative estimate of drug-likeness (QED) is 0.828. The van der Waals surface area contributed by atoms with Crippen molar-refractivity contribution >= 4 is 38.9 Å². The lowest BCUT2D eigenvalue weighted by molar-refractivity contribution is 0.402. The number of hydrogen-bond acceptors (Lipinski definition) is 3. The number of benzene rings is 1. The summed E-state index contributed by atoms with van der Waals surface area (Å²) in [6, 6.07) is 2.42. The van der Waals surface area contributed by atoms with Gasteiger partial charge in [0.05, 0.1) is 21.5 Å². The molecule has 0 amide bonds. The molecule has 0 spiro atoms. The zero-order valence-electron chi connectivity index (χ0n) is 10.6. The molecule has 2 rings (SSSR count). The summed E-state index contributed by atoms with van der Waals surface area (Å²) in [5.41, 5.74) is 0.176. The Morgan fingerprint density at radius 2 is 1.80 bits per heavy atom. The van der Waals surface area contributed by atoms with E-state index in [4.69, 9.17) is 23.2 Å². The largest absolute Gasteiger partial charge is 0.317 e. The first-order valence-corrected chi connectivity index (χ1v) is 8.64. The fourth-order valence-electron chi connectivity index (χ4n) is 2.19. The van der Waals surface area contributed by atoms with Crippen LogP contribution in [0, 0.1) is 11.7 Å². The lowest BCUT2D eigenvalue weighted by atomic mass is 10.0.